The molecule has 0 aromatic carbocycles. The highest BCUT2D eigenvalue weighted by molar-refractivity contribution is 6.22. The van der Waals surface area contributed by atoms with E-state index in [0.717, 1.165) is 23.3 Å². The third-order valence-electron chi connectivity index (χ3n) is 3.10. The van der Waals surface area contributed by atoms with E-state index < -0.39 is 0 Å². The second-order valence-electron chi connectivity index (χ2n) is 4.25. The lowest BCUT2D eigenvalue weighted by atomic mass is 10.0. The van der Waals surface area contributed by atoms with Gasteiger partial charge in [0, 0.05) is 18.8 Å². The molecule has 0 atom stereocenters. The van der Waals surface area contributed by atoms with E-state index in [1.54, 1.807) is 10.9 Å². The number of aromatic nitrogens is 4. The van der Waals surface area contributed by atoms with Crippen LogP contribution in [0, 0.1) is 0 Å². The first kappa shape index (κ1) is 13.4. The first-order valence-electron chi connectivity index (χ1n) is 5.68. The van der Waals surface area contributed by atoms with Gasteiger partial charge >= 0.3 is 0 Å². The monoisotopic (exact) mass is 287 g/mol. The molecule has 18 heavy (non-hydrogen) atoms. The predicted molar refractivity (Wildman–Crippen MR) is 74.4 cm³/mol. The zero-order valence-electron chi connectivity index (χ0n) is 10.3. The zero-order valence-corrected chi connectivity index (χ0v) is 11.8. The number of fused-ring (bicyclic) bond motifs is 1. The Hall–Kier alpha value is -1.07. The third-order valence-corrected chi connectivity index (χ3v) is 4.12. The van der Waals surface area contributed by atoms with E-state index in [2.05, 4.69) is 20.4 Å². The van der Waals surface area contributed by atoms with Crippen LogP contribution in [0.2, 0.25) is 0 Å². The van der Waals surface area contributed by atoms with Gasteiger partial charge in [-0.1, -0.05) is 6.92 Å². The summed E-state index contributed by atoms with van der Waals surface area (Å²) in [5, 5.41) is 8.37. The van der Waals surface area contributed by atoms with Crippen LogP contribution in [-0.4, -0.2) is 37.0 Å². The van der Waals surface area contributed by atoms with Crippen molar-refractivity contribution in [3.05, 3.63) is 12.5 Å². The number of rotatable bonds is 5. The second-order valence-corrected chi connectivity index (χ2v) is 4.79. The lowest BCUT2D eigenvalue weighted by Gasteiger charge is -2.30. The maximum Gasteiger partial charge on any atom is 0.163 e. The molecule has 0 fully saturated rings. The van der Waals surface area contributed by atoms with Crippen molar-refractivity contribution in [2.24, 2.45) is 7.05 Å². The number of hydrogen-bond acceptors (Lipinski definition) is 4. The molecule has 0 saturated heterocycles. The number of halogens is 2. The van der Waals surface area contributed by atoms with E-state index in [-0.39, 0.29) is 5.54 Å². The topological polar surface area (TPSA) is 55.6 Å². The van der Waals surface area contributed by atoms with E-state index in [9.17, 15) is 0 Å². The molecule has 0 bridgehead atoms. The molecule has 0 saturated carbocycles. The van der Waals surface area contributed by atoms with Gasteiger partial charge in [-0.3, -0.25) is 4.68 Å². The predicted octanol–water partition coefficient (Wildman–Crippen LogP) is 2.40. The van der Waals surface area contributed by atoms with Crippen molar-refractivity contribution in [1.29, 1.82) is 0 Å². The summed E-state index contributed by atoms with van der Waals surface area (Å²) in [6, 6.07) is 0. The van der Waals surface area contributed by atoms with Crippen molar-refractivity contribution < 1.29 is 0 Å². The van der Waals surface area contributed by atoms with Crippen LogP contribution in [0.3, 0.4) is 0 Å². The molecule has 0 aliphatic heterocycles. The number of aryl methyl sites for hydroxylation is 1. The van der Waals surface area contributed by atoms with Crippen molar-refractivity contribution in [2.75, 3.05) is 17.1 Å². The number of nitrogens with zero attached hydrogens (tertiary/aromatic N) is 4. The van der Waals surface area contributed by atoms with Crippen LogP contribution >= 0.6 is 23.2 Å². The lowest BCUT2D eigenvalue weighted by molar-refractivity contribution is 0.558. The summed E-state index contributed by atoms with van der Waals surface area (Å²) in [5.41, 5.74) is 0.418. The van der Waals surface area contributed by atoms with Crippen molar-refractivity contribution in [3.63, 3.8) is 0 Å². The van der Waals surface area contributed by atoms with Crippen LogP contribution in [0.4, 0.5) is 5.82 Å². The zero-order chi connectivity index (χ0) is 13.2. The molecule has 2 aromatic rings. The fourth-order valence-electron chi connectivity index (χ4n) is 1.69. The van der Waals surface area contributed by atoms with Crippen molar-refractivity contribution in [3.8, 4) is 0 Å². The minimum absolute atomic E-state index is 0.361. The molecule has 7 heteroatoms. The summed E-state index contributed by atoms with van der Waals surface area (Å²) in [7, 11) is 1.84. The lowest BCUT2D eigenvalue weighted by Crippen LogP contribution is -2.42. The Bertz CT molecular complexity index is 527. The standard InChI is InChI=1S/C11H15Cl2N5/c1-3-11(5-12,6-13)17-9-8-4-16-18(2)10(8)15-7-14-9/h4,7H,3,5-6H2,1-2H3,(H,14,15,17). The normalized spacial score (nSPS) is 12.0. The van der Waals surface area contributed by atoms with Gasteiger partial charge in [-0.25, -0.2) is 9.97 Å². The van der Waals surface area contributed by atoms with Crippen molar-refractivity contribution >= 4 is 40.1 Å². The Labute approximate surface area is 116 Å². The van der Waals surface area contributed by atoms with E-state index in [1.165, 1.54) is 6.33 Å². The molecule has 2 rings (SSSR count). The smallest absolute Gasteiger partial charge is 0.163 e. The molecule has 0 unspecified atom stereocenters. The van der Waals surface area contributed by atoms with Gasteiger partial charge in [0.05, 0.1) is 17.1 Å². The maximum absolute atomic E-state index is 6.02. The number of alkyl halides is 2. The average molecular weight is 288 g/mol. The third kappa shape index (κ3) is 2.24. The van der Waals surface area contributed by atoms with Gasteiger partial charge in [0.15, 0.2) is 5.65 Å². The Morgan fingerprint density at radius 2 is 2.06 bits per heavy atom. The first-order chi connectivity index (χ1) is 8.65. The van der Waals surface area contributed by atoms with Gasteiger partial charge < -0.3 is 5.32 Å². The van der Waals surface area contributed by atoms with Crippen LogP contribution in [0.15, 0.2) is 12.5 Å². The summed E-state index contributed by atoms with van der Waals surface area (Å²) in [6.07, 6.45) is 4.06. The highest BCUT2D eigenvalue weighted by atomic mass is 35.5. The maximum atomic E-state index is 6.02. The summed E-state index contributed by atoms with van der Waals surface area (Å²) in [6.45, 7) is 2.04. The largest absolute Gasteiger partial charge is 0.362 e. The molecular formula is C11H15Cl2N5. The fraction of sp³-hybridized carbons (Fsp3) is 0.545. The van der Waals surface area contributed by atoms with Gasteiger partial charge in [0.2, 0.25) is 0 Å². The average Bonchev–Trinajstić information content (AvgIpc) is 2.79. The number of anilines is 1. The van der Waals surface area contributed by atoms with Gasteiger partial charge in [-0.05, 0) is 6.42 Å². The summed E-state index contributed by atoms with van der Waals surface area (Å²) < 4.78 is 1.71. The summed E-state index contributed by atoms with van der Waals surface area (Å²) >= 11 is 12.0. The fourth-order valence-corrected chi connectivity index (χ4v) is 2.49. The molecule has 0 spiro atoms. The quantitative estimate of drug-likeness (QED) is 0.858. The summed E-state index contributed by atoms with van der Waals surface area (Å²) in [5.74, 6) is 1.55. The highest BCUT2D eigenvalue weighted by Gasteiger charge is 2.27. The second kappa shape index (κ2) is 5.28. The molecule has 1 N–H and O–H groups in total. The Kier molecular flexibility index (Phi) is 3.92. The summed E-state index contributed by atoms with van der Waals surface area (Å²) in [4.78, 5) is 8.45. The van der Waals surface area contributed by atoms with Crippen LogP contribution in [0.5, 0.6) is 0 Å². The molecule has 2 heterocycles. The van der Waals surface area contributed by atoms with Gasteiger partial charge in [0.1, 0.15) is 12.1 Å². The van der Waals surface area contributed by atoms with E-state index >= 15 is 0 Å². The van der Waals surface area contributed by atoms with E-state index in [4.69, 9.17) is 23.2 Å². The minimum atomic E-state index is -0.361. The minimum Gasteiger partial charge on any atom is -0.362 e. The van der Waals surface area contributed by atoms with Crippen molar-refractivity contribution in [1.82, 2.24) is 19.7 Å². The van der Waals surface area contributed by atoms with Crippen LogP contribution in [-0.2, 0) is 7.05 Å². The number of hydrogen-bond donors (Lipinski definition) is 1. The molecule has 0 aliphatic rings. The Balaban J connectivity index is 2.42. The van der Waals surface area contributed by atoms with Crippen LogP contribution in [0.1, 0.15) is 13.3 Å². The Morgan fingerprint density at radius 1 is 1.33 bits per heavy atom. The van der Waals surface area contributed by atoms with Crippen molar-refractivity contribution in [2.45, 2.75) is 18.9 Å². The van der Waals surface area contributed by atoms with Crippen LogP contribution < -0.4 is 5.32 Å². The molecule has 0 aliphatic carbocycles. The van der Waals surface area contributed by atoms with Gasteiger partial charge in [-0.15, -0.1) is 23.2 Å². The molecular weight excluding hydrogens is 273 g/mol. The van der Waals surface area contributed by atoms with Crippen LogP contribution in [0.25, 0.3) is 11.0 Å². The SMILES string of the molecule is CCC(CCl)(CCl)Nc1ncnc2c1cnn2C. The van der Waals surface area contributed by atoms with E-state index in [1.807, 2.05) is 14.0 Å². The molecule has 5 nitrogen and oxygen atoms in total. The first-order valence-corrected chi connectivity index (χ1v) is 6.75. The highest BCUT2D eigenvalue weighted by Crippen LogP contribution is 2.25. The molecule has 0 amide bonds. The molecule has 98 valence electrons. The molecule has 0 radical (unpaired) electrons. The van der Waals surface area contributed by atoms with E-state index in [0.29, 0.717) is 11.8 Å². The Morgan fingerprint density at radius 3 is 2.67 bits per heavy atom. The number of nitrogens with one attached hydrogen (secondary N) is 1. The van der Waals surface area contributed by atoms with Gasteiger partial charge in [-0.2, -0.15) is 5.10 Å². The van der Waals surface area contributed by atoms with Gasteiger partial charge in [0.25, 0.3) is 0 Å². The molecule has 2 aromatic heterocycles.